The fourth-order valence-electron chi connectivity index (χ4n) is 1.12. The van der Waals surface area contributed by atoms with Crippen molar-refractivity contribution < 1.29 is 13.2 Å². The Kier molecular flexibility index (Phi) is 4.05. The summed E-state index contributed by atoms with van der Waals surface area (Å²) < 4.78 is 35.8. The van der Waals surface area contributed by atoms with Crippen LogP contribution in [0.3, 0.4) is 0 Å². The Balaban J connectivity index is 2.39. The van der Waals surface area contributed by atoms with Crippen molar-refractivity contribution >= 4 is 5.82 Å². The zero-order chi connectivity index (χ0) is 12.2. The van der Waals surface area contributed by atoms with Crippen molar-refractivity contribution in [3.05, 3.63) is 18.1 Å². The molecule has 0 aliphatic heterocycles. The molecule has 1 heterocycles. The molecule has 0 atom stereocenters. The van der Waals surface area contributed by atoms with Crippen LogP contribution in [0.5, 0.6) is 0 Å². The zero-order valence-electron chi connectivity index (χ0n) is 8.83. The summed E-state index contributed by atoms with van der Waals surface area (Å²) in [6.45, 7) is 0.263. The third kappa shape index (κ3) is 4.92. The molecular formula is C9H13F3N4. The lowest BCUT2D eigenvalue weighted by molar-refractivity contribution is -0.137. The first kappa shape index (κ1) is 12.7. The second kappa shape index (κ2) is 5.11. The van der Waals surface area contributed by atoms with E-state index in [9.17, 15) is 13.2 Å². The van der Waals surface area contributed by atoms with E-state index in [-0.39, 0.29) is 6.54 Å². The van der Waals surface area contributed by atoms with Crippen LogP contribution in [0.2, 0.25) is 0 Å². The lowest BCUT2D eigenvalue weighted by atomic mass is 10.3. The maximum atomic E-state index is 11.9. The van der Waals surface area contributed by atoms with Crippen molar-refractivity contribution in [1.82, 2.24) is 14.9 Å². The number of aromatic nitrogens is 2. The number of rotatable bonds is 4. The molecule has 0 spiro atoms. The van der Waals surface area contributed by atoms with Crippen LogP contribution in [0, 0.1) is 0 Å². The fraction of sp³-hybridized carbons (Fsp3) is 0.556. The molecule has 1 aromatic heterocycles. The summed E-state index contributed by atoms with van der Waals surface area (Å²) in [6.07, 6.45) is -2.11. The zero-order valence-corrected chi connectivity index (χ0v) is 8.83. The highest BCUT2D eigenvalue weighted by molar-refractivity contribution is 5.22. The molecule has 90 valence electrons. The summed E-state index contributed by atoms with van der Waals surface area (Å²) in [5.41, 5.74) is 5.93. The number of nitrogens with zero attached hydrogens (tertiary/aromatic N) is 3. The van der Waals surface area contributed by atoms with Crippen molar-refractivity contribution in [2.75, 3.05) is 19.3 Å². The molecule has 0 saturated carbocycles. The highest BCUT2D eigenvalue weighted by atomic mass is 19.4. The standard InChI is InChI=1S/C9H13F3N4/c1-16(3-2-9(10,11)12)6-7-4-15-8(13)5-14-7/h4-5H,2-3,6H2,1H3,(H2,13,15). The van der Waals surface area contributed by atoms with Gasteiger partial charge in [0.25, 0.3) is 0 Å². The van der Waals surface area contributed by atoms with Gasteiger partial charge in [-0.15, -0.1) is 0 Å². The van der Waals surface area contributed by atoms with Crippen LogP contribution in [0.1, 0.15) is 12.1 Å². The van der Waals surface area contributed by atoms with Crippen LogP contribution in [0.15, 0.2) is 12.4 Å². The van der Waals surface area contributed by atoms with E-state index in [1.54, 1.807) is 7.05 Å². The van der Waals surface area contributed by atoms with Crippen molar-refractivity contribution in [1.29, 1.82) is 0 Å². The molecule has 0 amide bonds. The summed E-state index contributed by atoms with van der Waals surface area (Å²) in [6, 6.07) is 0. The molecule has 16 heavy (non-hydrogen) atoms. The van der Waals surface area contributed by atoms with Crippen LogP contribution in [-0.2, 0) is 6.54 Å². The number of nitrogen functional groups attached to an aromatic ring is 1. The number of halogens is 3. The van der Waals surface area contributed by atoms with Crippen molar-refractivity contribution in [2.24, 2.45) is 0 Å². The topological polar surface area (TPSA) is 55.0 Å². The molecule has 0 aliphatic rings. The average molecular weight is 234 g/mol. The van der Waals surface area contributed by atoms with Gasteiger partial charge in [-0.1, -0.05) is 0 Å². The first-order chi connectivity index (χ1) is 7.37. The SMILES string of the molecule is CN(CCC(F)(F)F)Cc1cnc(N)cn1. The van der Waals surface area contributed by atoms with Gasteiger partial charge in [0.2, 0.25) is 0 Å². The molecular weight excluding hydrogens is 221 g/mol. The van der Waals surface area contributed by atoms with E-state index < -0.39 is 12.6 Å². The molecule has 7 heteroatoms. The Hall–Kier alpha value is -1.37. The third-order valence-corrected chi connectivity index (χ3v) is 1.93. The van der Waals surface area contributed by atoms with Crippen LogP contribution in [-0.4, -0.2) is 34.6 Å². The summed E-state index contributed by atoms with van der Waals surface area (Å²) in [4.78, 5) is 9.30. The van der Waals surface area contributed by atoms with E-state index in [2.05, 4.69) is 9.97 Å². The smallest absolute Gasteiger partial charge is 0.382 e. The number of alkyl halides is 3. The number of nitrogens with two attached hydrogens (primary N) is 1. The maximum Gasteiger partial charge on any atom is 0.390 e. The minimum atomic E-state index is -4.12. The first-order valence-corrected chi connectivity index (χ1v) is 4.68. The molecule has 0 saturated heterocycles. The second-order valence-electron chi connectivity index (χ2n) is 3.54. The lowest BCUT2D eigenvalue weighted by Crippen LogP contribution is -2.24. The molecule has 4 nitrogen and oxygen atoms in total. The summed E-state index contributed by atoms with van der Waals surface area (Å²) in [7, 11) is 1.60. The number of hydrogen-bond donors (Lipinski definition) is 1. The summed E-state index contributed by atoms with van der Waals surface area (Å²) >= 11 is 0. The molecule has 0 bridgehead atoms. The van der Waals surface area contributed by atoms with Gasteiger partial charge >= 0.3 is 6.18 Å². The third-order valence-electron chi connectivity index (χ3n) is 1.93. The molecule has 2 N–H and O–H groups in total. The van der Waals surface area contributed by atoms with Crippen LogP contribution in [0.4, 0.5) is 19.0 Å². The number of anilines is 1. The normalized spacial score (nSPS) is 12.1. The lowest BCUT2D eigenvalue weighted by Gasteiger charge is -2.16. The minimum absolute atomic E-state index is 0.0600. The second-order valence-corrected chi connectivity index (χ2v) is 3.54. The largest absolute Gasteiger partial charge is 0.390 e. The summed E-state index contributed by atoms with van der Waals surface area (Å²) in [5.74, 6) is 0.293. The van der Waals surface area contributed by atoms with Gasteiger partial charge in [-0.05, 0) is 7.05 Å². The van der Waals surface area contributed by atoms with Crippen molar-refractivity contribution in [3.8, 4) is 0 Å². The molecule has 0 fully saturated rings. The Morgan fingerprint density at radius 3 is 2.50 bits per heavy atom. The Labute approximate surface area is 91.3 Å². The fourth-order valence-corrected chi connectivity index (χ4v) is 1.12. The van der Waals surface area contributed by atoms with Gasteiger partial charge < -0.3 is 10.6 Å². The summed E-state index contributed by atoms with van der Waals surface area (Å²) in [5, 5.41) is 0. The maximum absolute atomic E-state index is 11.9. The van der Waals surface area contributed by atoms with Gasteiger partial charge in [0, 0.05) is 13.1 Å². The van der Waals surface area contributed by atoms with E-state index >= 15 is 0 Å². The minimum Gasteiger partial charge on any atom is -0.382 e. The quantitative estimate of drug-likeness (QED) is 0.856. The Morgan fingerprint density at radius 2 is 2.00 bits per heavy atom. The van der Waals surface area contributed by atoms with Crippen LogP contribution in [0.25, 0.3) is 0 Å². The van der Waals surface area contributed by atoms with Crippen molar-refractivity contribution in [2.45, 2.75) is 19.1 Å². The van der Waals surface area contributed by atoms with Gasteiger partial charge in [0.1, 0.15) is 5.82 Å². The van der Waals surface area contributed by atoms with Gasteiger partial charge in [-0.25, -0.2) is 4.98 Å². The molecule has 0 unspecified atom stereocenters. The molecule has 1 aromatic rings. The Bertz CT molecular complexity index is 323. The first-order valence-electron chi connectivity index (χ1n) is 4.68. The van der Waals surface area contributed by atoms with E-state index in [0.717, 1.165) is 0 Å². The predicted octanol–water partition coefficient (Wildman–Crippen LogP) is 1.44. The van der Waals surface area contributed by atoms with Crippen LogP contribution < -0.4 is 5.73 Å². The molecule has 0 aromatic carbocycles. The van der Waals surface area contributed by atoms with E-state index in [4.69, 9.17) is 5.73 Å². The molecule has 0 radical (unpaired) electrons. The Morgan fingerprint density at radius 1 is 1.31 bits per heavy atom. The highest BCUT2D eigenvalue weighted by Gasteiger charge is 2.27. The van der Waals surface area contributed by atoms with E-state index in [1.165, 1.54) is 17.3 Å². The molecule has 1 rings (SSSR count). The van der Waals surface area contributed by atoms with Gasteiger partial charge in [0.15, 0.2) is 0 Å². The molecule has 0 aliphatic carbocycles. The van der Waals surface area contributed by atoms with Crippen LogP contribution >= 0.6 is 0 Å². The highest BCUT2D eigenvalue weighted by Crippen LogP contribution is 2.19. The van der Waals surface area contributed by atoms with Gasteiger partial charge in [0.05, 0.1) is 24.5 Å². The van der Waals surface area contributed by atoms with Gasteiger partial charge in [-0.3, -0.25) is 4.98 Å². The van der Waals surface area contributed by atoms with Gasteiger partial charge in [-0.2, -0.15) is 13.2 Å². The van der Waals surface area contributed by atoms with E-state index in [1.807, 2.05) is 0 Å². The monoisotopic (exact) mass is 234 g/mol. The number of hydrogen-bond acceptors (Lipinski definition) is 4. The average Bonchev–Trinajstić information content (AvgIpc) is 2.18. The van der Waals surface area contributed by atoms with E-state index in [0.29, 0.717) is 18.1 Å². The predicted molar refractivity (Wildman–Crippen MR) is 53.5 cm³/mol. The van der Waals surface area contributed by atoms with Crippen molar-refractivity contribution in [3.63, 3.8) is 0 Å².